The topological polar surface area (TPSA) is 122 Å². The highest BCUT2D eigenvalue weighted by Gasteiger charge is 2.25. The van der Waals surface area contributed by atoms with Gasteiger partial charge in [0.15, 0.2) is 5.65 Å². The molecule has 0 aliphatic carbocycles. The molecule has 1 N–H and O–H groups in total. The summed E-state index contributed by atoms with van der Waals surface area (Å²) in [5, 5.41) is 12.0. The fourth-order valence-electron chi connectivity index (χ4n) is 4.20. The molecule has 3 heterocycles. The van der Waals surface area contributed by atoms with Crippen molar-refractivity contribution in [3.63, 3.8) is 0 Å². The molecular weight excluding hydrogens is 448 g/mol. The molecule has 0 spiro atoms. The number of ether oxygens (including phenoxy) is 2. The maximum Gasteiger partial charge on any atom is 0.258 e. The molecule has 3 aromatic rings. The first-order valence-electron chi connectivity index (χ1n) is 11.5. The maximum absolute atomic E-state index is 13.1. The van der Waals surface area contributed by atoms with E-state index in [-0.39, 0.29) is 17.9 Å². The standard InChI is InChI=1S/C25H28N6O4/c1-34-11-5-10-31-22-21(28-25(31)29-23(32)18-7-3-6-17(12-18)14-26)13-19(15-27-22)24(33)30-9-4-8-20(16-30)35-2/h3,6-7,12-13,15,20H,4-5,8-11,16H2,1-2H3,(H,28,29,32)/t20-/m1/s1. The van der Waals surface area contributed by atoms with Crippen molar-refractivity contribution in [2.75, 3.05) is 39.2 Å². The normalized spacial score (nSPS) is 15.7. The van der Waals surface area contributed by atoms with Gasteiger partial charge in [0.05, 0.1) is 23.3 Å². The van der Waals surface area contributed by atoms with Crippen molar-refractivity contribution in [3.8, 4) is 6.07 Å². The quantitative estimate of drug-likeness (QED) is 0.496. The highest BCUT2D eigenvalue weighted by atomic mass is 16.5. The number of nitrogens with one attached hydrogen (secondary N) is 1. The Kier molecular flexibility index (Phi) is 7.70. The molecule has 1 atom stereocenters. The van der Waals surface area contributed by atoms with Gasteiger partial charge in [0.2, 0.25) is 5.95 Å². The summed E-state index contributed by atoms with van der Waals surface area (Å²) in [5.41, 5.74) is 2.25. The lowest BCUT2D eigenvalue weighted by atomic mass is 10.1. The number of piperidine rings is 1. The monoisotopic (exact) mass is 476 g/mol. The number of anilines is 1. The van der Waals surface area contributed by atoms with E-state index in [0.29, 0.717) is 66.5 Å². The van der Waals surface area contributed by atoms with Crippen LogP contribution in [0.1, 0.15) is 45.5 Å². The van der Waals surface area contributed by atoms with Gasteiger partial charge in [0.25, 0.3) is 11.8 Å². The number of nitriles is 1. The molecule has 0 bridgehead atoms. The van der Waals surface area contributed by atoms with E-state index in [1.165, 1.54) is 6.07 Å². The zero-order valence-electron chi connectivity index (χ0n) is 19.9. The smallest absolute Gasteiger partial charge is 0.258 e. The number of hydrogen-bond donors (Lipinski definition) is 1. The number of carbonyl (C=O) groups excluding carboxylic acids is 2. The lowest BCUT2D eigenvalue weighted by Crippen LogP contribution is -2.42. The van der Waals surface area contributed by atoms with E-state index in [1.807, 2.05) is 6.07 Å². The van der Waals surface area contributed by atoms with Crippen LogP contribution in [0.25, 0.3) is 11.2 Å². The summed E-state index contributed by atoms with van der Waals surface area (Å²) in [4.78, 5) is 36.9. The third-order valence-electron chi connectivity index (χ3n) is 6.04. The SMILES string of the molecule is COCCCn1c(NC(=O)c2cccc(C#N)c2)nc2cc(C(=O)N3CCC[C@@H](OC)C3)cnc21. The van der Waals surface area contributed by atoms with Crippen LogP contribution < -0.4 is 5.32 Å². The molecule has 1 fully saturated rings. The van der Waals surface area contributed by atoms with Gasteiger partial charge >= 0.3 is 0 Å². The van der Waals surface area contributed by atoms with Crippen molar-refractivity contribution in [3.05, 3.63) is 53.2 Å². The molecule has 182 valence electrons. The summed E-state index contributed by atoms with van der Waals surface area (Å²) in [6.45, 7) is 2.26. The van der Waals surface area contributed by atoms with E-state index < -0.39 is 0 Å². The molecule has 10 heteroatoms. The Morgan fingerprint density at radius 2 is 2.11 bits per heavy atom. The molecule has 2 aromatic heterocycles. The Hall–Kier alpha value is -3.81. The lowest BCUT2D eigenvalue weighted by molar-refractivity contribution is 0.0269. The van der Waals surface area contributed by atoms with Crippen molar-refractivity contribution < 1.29 is 19.1 Å². The molecule has 35 heavy (non-hydrogen) atoms. The molecular formula is C25H28N6O4. The molecule has 0 saturated carbocycles. The number of hydrogen-bond acceptors (Lipinski definition) is 7. The van der Waals surface area contributed by atoms with Crippen LogP contribution in [0.4, 0.5) is 5.95 Å². The predicted molar refractivity (Wildman–Crippen MR) is 129 cm³/mol. The molecule has 10 nitrogen and oxygen atoms in total. The Labute approximate surface area is 203 Å². The number of nitrogens with zero attached hydrogens (tertiary/aromatic N) is 5. The Morgan fingerprint density at radius 1 is 1.26 bits per heavy atom. The number of methoxy groups -OCH3 is 2. The Balaban J connectivity index is 1.63. The minimum Gasteiger partial charge on any atom is -0.385 e. The van der Waals surface area contributed by atoms with E-state index >= 15 is 0 Å². The molecule has 4 rings (SSSR count). The van der Waals surface area contributed by atoms with Crippen LogP contribution in [0.5, 0.6) is 0 Å². The van der Waals surface area contributed by atoms with Crippen molar-refractivity contribution >= 4 is 28.9 Å². The lowest BCUT2D eigenvalue weighted by Gasteiger charge is -2.31. The number of pyridine rings is 1. The van der Waals surface area contributed by atoms with Gasteiger partial charge in [-0.15, -0.1) is 0 Å². The van der Waals surface area contributed by atoms with Gasteiger partial charge in [0, 0.05) is 52.2 Å². The summed E-state index contributed by atoms with van der Waals surface area (Å²) >= 11 is 0. The first-order valence-corrected chi connectivity index (χ1v) is 11.5. The van der Waals surface area contributed by atoms with E-state index in [0.717, 1.165) is 12.8 Å². The summed E-state index contributed by atoms with van der Waals surface area (Å²) in [6, 6.07) is 10.2. The second kappa shape index (κ2) is 11.1. The van der Waals surface area contributed by atoms with Crippen LogP contribution in [0.3, 0.4) is 0 Å². The van der Waals surface area contributed by atoms with Crippen LogP contribution in [0.15, 0.2) is 36.5 Å². The number of carbonyl (C=O) groups is 2. The van der Waals surface area contributed by atoms with Gasteiger partial charge in [-0.25, -0.2) is 9.97 Å². The zero-order valence-corrected chi connectivity index (χ0v) is 19.9. The molecule has 1 aliphatic rings. The molecule has 0 radical (unpaired) electrons. The van der Waals surface area contributed by atoms with Gasteiger partial charge < -0.3 is 14.4 Å². The number of fused-ring (bicyclic) bond motifs is 1. The van der Waals surface area contributed by atoms with Crippen LogP contribution in [0, 0.1) is 11.3 Å². The van der Waals surface area contributed by atoms with Gasteiger partial charge in [-0.05, 0) is 43.5 Å². The first kappa shape index (κ1) is 24.3. The molecule has 0 unspecified atom stereocenters. The fraction of sp³-hybridized carbons (Fsp3) is 0.400. The molecule has 1 aromatic carbocycles. The van der Waals surface area contributed by atoms with Gasteiger partial charge in [0.1, 0.15) is 5.52 Å². The summed E-state index contributed by atoms with van der Waals surface area (Å²) in [5.74, 6) is -0.187. The summed E-state index contributed by atoms with van der Waals surface area (Å²) in [6.07, 6.45) is 4.09. The van der Waals surface area contributed by atoms with Crippen LogP contribution >= 0.6 is 0 Å². The Bertz CT molecular complexity index is 1260. The number of rotatable bonds is 8. The largest absolute Gasteiger partial charge is 0.385 e. The third-order valence-corrected chi connectivity index (χ3v) is 6.04. The second-order valence-corrected chi connectivity index (χ2v) is 8.40. The van der Waals surface area contributed by atoms with Crippen molar-refractivity contribution in [2.45, 2.75) is 31.9 Å². The third kappa shape index (κ3) is 5.48. The van der Waals surface area contributed by atoms with Gasteiger partial charge in [-0.1, -0.05) is 6.07 Å². The molecule has 1 saturated heterocycles. The molecule has 1 aliphatic heterocycles. The minimum absolute atomic E-state index is 0.0331. The zero-order chi connectivity index (χ0) is 24.8. The summed E-state index contributed by atoms with van der Waals surface area (Å²) in [7, 11) is 3.29. The van der Waals surface area contributed by atoms with Crippen molar-refractivity contribution in [1.82, 2.24) is 19.4 Å². The van der Waals surface area contributed by atoms with Crippen molar-refractivity contribution in [2.24, 2.45) is 0 Å². The van der Waals surface area contributed by atoms with Crippen LogP contribution in [-0.2, 0) is 16.0 Å². The average Bonchev–Trinajstić information content (AvgIpc) is 3.24. The number of aryl methyl sites for hydroxylation is 1. The van der Waals surface area contributed by atoms with E-state index in [1.54, 1.807) is 54.1 Å². The first-order chi connectivity index (χ1) is 17.0. The predicted octanol–water partition coefficient (Wildman–Crippen LogP) is 2.84. The fourth-order valence-corrected chi connectivity index (χ4v) is 4.20. The number of amides is 2. The Morgan fingerprint density at radius 3 is 2.89 bits per heavy atom. The maximum atomic E-state index is 13.1. The minimum atomic E-state index is -0.388. The number of imidazole rings is 1. The number of likely N-dealkylation sites (tertiary alicyclic amines) is 1. The number of benzene rings is 1. The van der Waals surface area contributed by atoms with Crippen LogP contribution in [0.2, 0.25) is 0 Å². The van der Waals surface area contributed by atoms with E-state index in [9.17, 15) is 9.59 Å². The molecule has 2 amide bonds. The summed E-state index contributed by atoms with van der Waals surface area (Å²) < 4.78 is 12.4. The highest BCUT2D eigenvalue weighted by Crippen LogP contribution is 2.22. The van der Waals surface area contributed by atoms with Gasteiger partial charge in [-0.2, -0.15) is 5.26 Å². The van der Waals surface area contributed by atoms with Crippen molar-refractivity contribution in [1.29, 1.82) is 5.26 Å². The van der Waals surface area contributed by atoms with Gasteiger partial charge in [-0.3, -0.25) is 19.5 Å². The van der Waals surface area contributed by atoms with E-state index in [2.05, 4.69) is 15.3 Å². The number of aromatic nitrogens is 3. The average molecular weight is 477 g/mol. The van der Waals surface area contributed by atoms with E-state index in [4.69, 9.17) is 14.7 Å². The highest BCUT2D eigenvalue weighted by molar-refractivity contribution is 6.04. The second-order valence-electron chi connectivity index (χ2n) is 8.40. The van der Waals surface area contributed by atoms with Crippen LogP contribution in [-0.4, -0.2) is 71.3 Å².